The van der Waals surface area contributed by atoms with E-state index in [1.54, 1.807) is 47.3 Å². The highest BCUT2D eigenvalue weighted by Gasteiger charge is 2.14. The second kappa shape index (κ2) is 9.33. The Hall–Kier alpha value is -5.23. The first-order valence-electron chi connectivity index (χ1n) is 10.7. The van der Waals surface area contributed by atoms with Crippen molar-refractivity contribution in [1.29, 1.82) is 5.26 Å². The number of benzene rings is 3. The van der Waals surface area contributed by atoms with Crippen molar-refractivity contribution in [3.63, 3.8) is 0 Å². The van der Waals surface area contributed by atoms with Crippen LogP contribution in [0.3, 0.4) is 0 Å². The molecule has 0 aliphatic carbocycles. The zero-order valence-electron chi connectivity index (χ0n) is 18.4. The minimum atomic E-state index is -0.320. The molecule has 0 aliphatic rings. The quantitative estimate of drug-likeness (QED) is 0.386. The Morgan fingerprint density at radius 3 is 2.60 bits per heavy atom. The summed E-state index contributed by atoms with van der Waals surface area (Å²) in [6.45, 7) is 0. The Bertz CT molecular complexity index is 1530. The highest BCUT2D eigenvalue weighted by atomic mass is 16.4. The van der Waals surface area contributed by atoms with Crippen molar-refractivity contribution in [2.75, 3.05) is 11.1 Å². The molecule has 0 bridgehead atoms. The van der Waals surface area contributed by atoms with Crippen LogP contribution >= 0.6 is 0 Å². The monoisotopic (exact) mass is 461 g/mol. The van der Waals surface area contributed by atoms with Gasteiger partial charge in [0.15, 0.2) is 5.82 Å². The van der Waals surface area contributed by atoms with Crippen LogP contribution in [0.4, 0.5) is 11.5 Å². The van der Waals surface area contributed by atoms with E-state index in [-0.39, 0.29) is 5.91 Å². The van der Waals surface area contributed by atoms with Crippen LogP contribution in [0.5, 0.6) is 0 Å². The van der Waals surface area contributed by atoms with E-state index < -0.39 is 0 Å². The minimum Gasteiger partial charge on any atom is -0.420 e. The van der Waals surface area contributed by atoms with Gasteiger partial charge in [-0.3, -0.25) is 4.79 Å². The van der Waals surface area contributed by atoms with Crippen molar-refractivity contribution in [1.82, 2.24) is 20.0 Å². The molecule has 0 spiro atoms. The molecule has 2 aromatic heterocycles. The van der Waals surface area contributed by atoms with Crippen molar-refractivity contribution < 1.29 is 9.21 Å². The molecule has 0 aliphatic heterocycles. The molecule has 1 amide bonds. The fraction of sp³-hybridized carbons (Fsp3) is 0.0385. The van der Waals surface area contributed by atoms with E-state index in [1.165, 1.54) is 0 Å². The number of hydrogen-bond acceptors (Lipinski definition) is 7. The molecular weight excluding hydrogens is 442 g/mol. The summed E-state index contributed by atoms with van der Waals surface area (Å²) in [6, 6.07) is 25.6. The molecule has 2 heterocycles. The van der Waals surface area contributed by atoms with Gasteiger partial charge in [0.1, 0.15) is 0 Å². The predicted molar refractivity (Wildman–Crippen MR) is 130 cm³/mol. The number of para-hydroxylation sites is 1. The van der Waals surface area contributed by atoms with Crippen molar-refractivity contribution in [3.05, 3.63) is 108 Å². The molecule has 3 aromatic carbocycles. The van der Waals surface area contributed by atoms with Crippen molar-refractivity contribution in [2.45, 2.75) is 6.42 Å². The summed E-state index contributed by atoms with van der Waals surface area (Å²) in [6.07, 6.45) is 2.06. The zero-order valence-corrected chi connectivity index (χ0v) is 18.4. The molecule has 0 atom stereocenters. The van der Waals surface area contributed by atoms with Crippen LogP contribution in [0.2, 0.25) is 0 Å². The van der Waals surface area contributed by atoms with Gasteiger partial charge in [-0.15, -0.1) is 15.3 Å². The lowest BCUT2D eigenvalue weighted by atomic mass is 10.1. The summed E-state index contributed by atoms with van der Waals surface area (Å²) in [4.78, 5) is 12.7. The summed E-state index contributed by atoms with van der Waals surface area (Å²) in [5.74, 6) is 0.750. The van der Waals surface area contributed by atoms with Gasteiger partial charge >= 0.3 is 0 Å². The Morgan fingerprint density at radius 2 is 1.83 bits per heavy atom. The van der Waals surface area contributed by atoms with Crippen LogP contribution in [-0.2, 0) is 6.42 Å². The van der Waals surface area contributed by atoms with E-state index in [0.717, 1.165) is 11.3 Å². The minimum absolute atomic E-state index is 0.293. The molecular formula is C26H19N7O2. The van der Waals surface area contributed by atoms with Gasteiger partial charge in [-0.1, -0.05) is 36.4 Å². The van der Waals surface area contributed by atoms with Gasteiger partial charge in [0.2, 0.25) is 11.8 Å². The Labute approximate surface area is 200 Å². The first-order valence-corrected chi connectivity index (χ1v) is 10.7. The maximum Gasteiger partial charge on any atom is 0.256 e. The first kappa shape index (κ1) is 21.6. The number of amides is 1. The van der Waals surface area contributed by atoms with Crippen LogP contribution in [-0.4, -0.2) is 25.9 Å². The molecule has 0 saturated heterocycles. The van der Waals surface area contributed by atoms with E-state index >= 15 is 0 Å². The molecule has 0 fully saturated rings. The lowest BCUT2D eigenvalue weighted by molar-refractivity contribution is 0.102. The largest absolute Gasteiger partial charge is 0.420 e. The molecule has 0 radical (unpaired) electrons. The van der Waals surface area contributed by atoms with Gasteiger partial charge in [-0.2, -0.15) is 5.26 Å². The number of carbonyl (C=O) groups excluding carboxylic acids is 1. The molecule has 5 aromatic rings. The third kappa shape index (κ3) is 4.77. The Balaban J connectivity index is 1.25. The average Bonchev–Trinajstić information content (AvgIpc) is 3.51. The number of carbonyl (C=O) groups is 1. The van der Waals surface area contributed by atoms with Crippen molar-refractivity contribution in [3.8, 4) is 23.2 Å². The zero-order chi connectivity index (χ0) is 24.2. The number of rotatable bonds is 6. The normalized spacial score (nSPS) is 10.6. The van der Waals surface area contributed by atoms with Crippen LogP contribution < -0.4 is 11.1 Å². The molecule has 3 N–H and O–H groups in total. The number of nitrogens with two attached hydrogens (primary N) is 1. The van der Waals surface area contributed by atoms with Crippen LogP contribution in [0, 0.1) is 11.3 Å². The fourth-order valence-corrected chi connectivity index (χ4v) is 3.49. The van der Waals surface area contributed by atoms with Crippen LogP contribution in [0.25, 0.3) is 17.1 Å². The topological polar surface area (TPSA) is 136 Å². The van der Waals surface area contributed by atoms with Gasteiger partial charge < -0.3 is 15.5 Å². The molecule has 9 heteroatoms. The Morgan fingerprint density at radius 1 is 1.03 bits per heavy atom. The van der Waals surface area contributed by atoms with E-state index in [4.69, 9.17) is 15.4 Å². The maximum absolute atomic E-state index is 12.7. The van der Waals surface area contributed by atoms with E-state index in [9.17, 15) is 4.79 Å². The molecule has 0 saturated carbocycles. The summed E-state index contributed by atoms with van der Waals surface area (Å²) in [5, 5.41) is 24.3. The smallest absolute Gasteiger partial charge is 0.256 e. The lowest BCUT2D eigenvalue weighted by Crippen LogP contribution is -2.13. The van der Waals surface area contributed by atoms with Gasteiger partial charge in [0.25, 0.3) is 5.91 Å². The molecule has 5 rings (SSSR count). The number of nitrogens with one attached hydrogen (secondary N) is 1. The summed E-state index contributed by atoms with van der Waals surface area (Å²) in [5.41, 5.74) is 9.80. The standard InChI is InChI=1S/C26H19N7O2/c27-15-18-5-4-6-20(13-18)26-31-30-23(35-26)14-17-9-11-19(12-10-17)25(34)29-24-22(28)16-33(32-24)21-7-2-1-3-8-21/h1-13,16H,14,28H2,(H,29,32,34). The number of nitrogen functional groups attached to an aromatic ring is 1. The summed E-state index contributed by atoms with van der Waals surface area (Å²) < 4.78 is 7.36. The molecule has 35 heavy (non-hydrogen) atoms. The number of nitrogens with zero attached hydrogens (tertiary/aromatic N) is 5. The maximum atomic E-state index is 12.7. The highest BCUT2D eigenvalue weighted by Crippen LogP contribution is 2.22. The molecule has 0 unspecified atom stereocenters. The Kier molecular flexibility index (Phi) is 5.76. The highest BCUT2D eigenvalue weighted by molar-refractivity contribution is 6.05. The van der Waals surface area contributed by atoms with Gasteiger partial charge in [-0.25, -0.2) is 4.68 Å². The number of nitriles is 1. The first-order chi connectivity index (χ1) is 17.1. The summed E-state index contributed by atoms with van der Waals surface area (Å²) >= 11 is 0. The number of anilines is 2. The van der Waals surface area contributed by atoms with Crippen LogP contribution in [0.1, 0.15) is 27.4 Å². The van der Waals surface area contributed by atoms with Gasteiger partial charge in [-0.05, 0) is 48.0 Å². The predicted octanol–water partition coefficient (Wildman–Crippen LogP) is 4.22. The van der Waals surface area contributed by atoms with Gasteiger partial charge in [0, 0.05) is 11.1 Å². The second-order valence-corrected chi connectivity index (χ2v) is 7.73. The van der Waals surface area contributed by atoms with Gasteiger partial charge in [0.05, 0.1) is 35.6 Å². The third-order valence-electron chi connectivity index (χ3n) is 5.27. The molecule has 170 valence electrons. The number of hydrogen-bond donors (Lipinski definition) is 2. The van der Waals surface area contributed by atoms with Crippen LogP contribution in [0.15, 0.2) is 89.5 Å². The van der Waals surface area contributed by atoms with Crippen molar-refractivity contribution >= 4 is 17.4 Å². The summed E-state index contributed by atoms with van der Waals surface area (Å²) in [7, 11) is 0. The van der Waals surface area contributed by atoms with E-state index in [1.807, 2.05) is 42.5 Å². The lowest BCUT2D eigenvalue weighted by Gasteiger charge is -2.04. The van der Waals surface area contributed by atoms with E-state index in [2.05, 4.69) is 26.7 Å². The number of aromatic nitrogens is 4. The van der Waals surface area contributed by atoms with E-state index in [0.29, 0.717) is 46.4 Å². The third-order valence-corrected chi connectivity index (χ3v) is 5.27. The SMILES string of the molecule is N#Cc1cccc(-c2nnc(Cc3ccc(C(=O)Nc4nn(-c5ccccc5)cc4N)cc3)o2)c1. The second-order valence-electron chi connectivity index (χ2n) is 7.73. The molecule has 9 nitrogen and oxygen atoms in total. The fourth-order valence-electron chi connectivity index (χ4n) is 3.49. The average molecular weight is 461 g/mol. The van der Waals surface area contributed by atoms with Crippen molar-refractivity contribution in [2.24, 2.45) is 0 Å².